The van der Waals surface area contributed by atoms with Crippen LogP contribution in [0.15, 0.2) is 46.0 Å². The average molecular weight is 543 g/mol. The minimum Gasteiger partial charge on any atom is -0.342 e. The Bertz CT molecular complexity index is 1430. The number of aliphatic imine (C=N–C) groups is 1. The summed E-state index contributed by atoms with van der Waals surface area (Å²) >= 11 is 1.11. The van der Waals surface area contributed by atoms with E-state index < -0.39 is 17.6 Å². The SMILES string of the molecule is Cc1cc(/C=C2/C(=N)N3N=C(CC(=O)N4CCCCC4)SC3=NC2=O)c(C)n1-c1cccc(C(F)(F)F)c1. The second-order valence-corrected chi connectivity index (χ2v) is 10.4. The molecule has 3 aliphatic rings. The van der Waals surface area contributed by atoms with Gasteiger partial charge in [-0.25, -0.2) is 0 Å². The number of hydrogen-bond donors (Lipinski definition) is 1. The van der Waals surface area contributed by atoms with E-state index in [2.05, 4.69) is 10.1 Å². The predicted octanol–water partition coefficient (Wildman–Crippen LogP) is 5.13. The van der Waals surface area contributed by atoms with Crippen LogP contribution in [0, 0.1) is 19.3 Å². The lowest BCUT2D eigenvalue weighted by Crippen LogP contribution is -2.36. The third kappa shape index (κ3) is 4.92. The number of fused-ring (bicyclic) bond motifs is 1. The monoisotopic (exact) mass is 542 g/mol. The molecule has 2 aromatic rings. The van der Waals surface area contributed by atoms with E-state index in [4.69, 9.17) is 5.41 Å². The molecule has 1 fully saturated rings. The number of nitrogens with one attached hydrogen (secondary N) is 1. The first-order valence-electron chi connectivity index (χ1n) is 12.2. The highest BCUT2D eigenvalue weighted by Crippen LogP contribution is 2.33. The number of aromatic nitrogens is 1. The fourth-order valence-electron chi connectivity index (χ4n) is 4.80. The Hall–Kier alpha value is -3.67. The van der Waals surface area contributed by atoms with E-state index in [-0.39, 0.29) is 28.9 Å². The number of hydrazone groups is 1. The summed E-state index contributed by atoms with van der Waals surface area (Å²) in [5, 5.41) is 15.0. The van der Waals surface area contributed by atoms with Gasteiger partial charge in [0.25, 0.3) is 5.91 Å². The van der Waals surface area contributed by atoms with E-state index in [9.17, 15) is 22.8 Å². The van der Waals surface area contributed by atoms with Crippen molar-refractivity contribution >= 4 is 45.7 Å². The molecule has 1 saturated heterocycles. The first-order valence-corrected chi connectivity index (χ1v) is 13.0. The van der Waals surface area contributed by atoms with Crippen molar-refractivity contribution in [3.8, 4) is 5.69 Å². The van der Waals surface area contributed by atoms with Gasteiger partial charge >= 0.3 is 6.18 Å². The maximum atomic E-state index is 13.3. The quantitative estimate of drug-likeness (QED) is 0.542. The van der Waals surface area contributed by atoms with Crippen LogP contribution in [0.5, 0.6) is 0 Å². The van der Waals surface area contributed by atoms with Crippen molar-refractivity contribution in [2.45, 2.75) is 45.7 Å². The molecule has 8 nitrogen and oxygen atoms in total. The number of piperidine rings is 1. The minimum atomic E-state index is -4.47. The Balaban J connectivity index is 1.40. The first-order chi connectivity index (χ1) is 18.0. The molecule has 0 atom stereocenters. The molecule has 38 heavy (non-hydrogen) atoms. The molecule has 12 heteroatoms. The largest absolute Gasteiger partial charge is 0.416 e. The summed E-state index contributed by atoms with van der Waals surface area (Å²) in [4.78, 5) is 31.4. The molecule has 0 spiro atoms. The van der Waals surface area contributed by atoms with E-state index in [1.54, 1.807) is 30.5 Å². The fourth-order valence-corrected chi connectivity index (χ4v) is 5.67. The van der Waals surface area contributed by atoms with E-state index in [1.807, 2.05) is 4.90 Å². The highest BCUT2D eigenvalue weighted by molar-refractivity contribution is 8.27. The van der Waals surface area contributed by atoms with Gasteiger partial charge in [0.1, 0.15) is 5.04 Å². The standard InChI is InChI=1S/C26H25F3N6O2S/c1-15-11-17(16(2)34(15)19-8-6-7-18(13-19)26(27,28)29)12-20-23(30)35-25(31-24(20)37)38-21(32-35)14-22(36)33-9-4-3-5-10-33/h6-8,11-13,30H,3-5,9-10,14H2,1-2H3/b20-12-,30-23?. The molecule has 0 saturated carbocycles. The molecule has 5 rings (SSSR count). The Morgan fingerprint density at radius 1 is 1.16 bits per heavy atom. The Morgan fingerprint density at radius 3 is 2.61 bits per heavy atom. The number of amidine groups is 2. The van der Waals surface area contributed by atoms with Gasteiger partial charge < -0.3 is 9.47 Å². The van der Waals surface area contributed by atoms with Crippen molar-refractivity contribution in [3.63, 3.8) is 0 Å². The van der Waals surface area contributed by atoms with Crippen LogP contribution in [-0.2, 0) is 15.8 Å². The lowest BCUT2D eigenvalue weighted by Gasteiger charge is -2.26. The van der Waals surface area contributed by atoms with Crippen LogP contribution >= 0.6 is 11.8 Å². The predicted molar refractivity (Wildman–Crippen MR) is 140 cm³/mol. The Labute approximate surface area is 221 Å². The second kappa shape index (κ2) is 9.90. The van der Waals surface area contributed by atoms with Crippen LogP contribution in [0.4, 0.5) is 13.2 Å². The maximum absolute atomic E-state index is 13.3. The van der Waals surface area contributed by atoms with Crippen LogP contribution in [0.3, 0.4) is 0 Å². The van der Waals surface area contributed by atoms with E-state index >= 15 is 0 Å². The number of alkyl halides is 3. The van der Waals surface area contributed by atoms with Crippen molar-refractivity contribution < 1.29 is 22.8 Å². The fraction of sp³-hybridized carbons (Fsp3) is 0.346. The van der Waals surface area contributed by atoms with E-state index in [1.165, 1.54) is 17.2 Å². The molecule has 0 bridgehead atoms. The highest BCUT2D eigenvalue weighted by atomic mass is 32.2. The van der Waals surface area contributed by atoms with Gasteiger partial charge in [0.05, 0.1) is 17.6 Å². The topological polar surface area (TPSA) is 94.1 Å². The van der Waals surface area contributed by atoms with Gasteiger partial charge in [-0.3, -0.25) is 15.0 Å². The number of benzene rings is 1. The summed E-state index contributed by atoms with van der Waals surface area (Å²) in [5.41, 5.74) is 1.44. The Morgan fingerprint density at radius 2 is 1.89 bits per heavy atom. The zero-order chi connectivity index (χ0) is 27.2. The molecule has 0 aliphatic carbocycles. The smallest absolute Gasteiger partial charge is 0.342 e. The molecule has 4 heterocycles. The summed E-state index contributed by atoms with van der Waals surface area (Å²) in [7, 11) is 0. The number of rotatable bonds is 4. The molecule has 0 radical (unpaired) electrons. The van der Waals surface area contributed by atoms with Gasteiger partial charge in [0.15, 0.2) is 5.84 Å². The number of carbonyl (C=O) groups excluding carboxylic acids is 2. The molecule has 1 aromatic carbocycles. The highest BCUT2D eigenvalue weighted by Gasteiger charge is 2.37. The van der Waals surface area contributed by atoms with Gasteiger partial charge in [-0.1, -0.05) is 6.07 Å². The third-order valence-electron chi connectivity index (χ3n) is 6.71. The van der Waals surface area contributed by atoms with Crippen molar-refractivity contribution in [3.05, 3.63) is 58.4 Å². The van der Waals surface area contributed by atoms with Gasteiger partial charge in [-0.2, -0.15) is 28.3 Å². The van der Waals surface area contributed by atoms with Crippen LogP contribution < -0.4 is 0 Å². The molecule has 2 amide bonds. The van der Waals surface area contributed by atoms with Crippen molar-refractivity contribution in [2.75, 3.05) is 13.1 Å². The number of amides is 2. The summed E-state index contributed by atoms with van der Waals surface area (Å²) in [6.07, 6.45) is 0.187. The maximum Gasteiger partial charge on any atom is 0.416 e. The summed E-state index contributed by atoms with van der Waals surface area (Å²) < 4.78 is 41.4. The van der Waals surface area contributed by atoms with Gasteiger partial charge in [-0.05, 0) is 80.8 Å². The number of aryl methyl sites for hydroxylation is 1. The van der Waals surface area contributed by atoms with Crippen molar-refractivity contribution in [1.29, 1.82) is 5.41 Å². The molecule has 1 N–H and O–H groups in total. The van der Waals surface area contributed by atoms with Gasteiger partial charge in [0.2, 0.25) is 11.1 Å². The first kappa shape index (κ1) is 26.0. The van der Waals surface area contributed by atoms with Crippen LogP contribution in [0.25, 0.3) is 11.8 Å². The molecular weight excluding hydrogens is 517 g/mol. The zero-order valence-corrected chi connectivity index (χ0v) is 21.6. The lowest BCUT2D eigenvalue weighted by molar-refractivity contribution is -0.137. The zero-order valence-electron chi connectivity index (χ0n) is 20.8. The minimum absolute atomic E-state index is 0.00555. The normalized spacial score (nSPS) is 19.1. The van der Waals surface area contributed by atoms with Gasteiger partial charge in [0, 0.05) is 30.2 Å². The van der Waals surface area contributed by atoms with Crippen molar-refractivity contribution in [1.82, 2.24) is 14.5 Å². The molecule has 1 aromatic heterocycles. The number of nitrogens with zero attached hydrogens (tertiary/aromatic N) is 5. The molecule has 3 aliphatic heterocycles. The average Bonchev–Trinajstić information content (AvgIpc) is 3.40. The van der Waals surface area contributed by atoms with E-state index in [0.29, 0.717) is 27.7 Å². The van der Waals surface area contributed by atoms with Crippen LogP contribution in [-0.4, -0.2) is 55.4 Å². The molecule has 0 unspecified atom stereocenters. The summed E-state index contributed by atoms with van der Waals surface area (Å²) in [6.45, 7) is 4.94. The number of halogens is 3. The molecular formula is C26H25F3N6O2S. The van der Waals surface area contributed by atoms with Crippen molar-refractivity contribution in [2.24, 2.45) is 10.1 Å². The number of carbonyl (C=O) groups is 2. The lowest BCUT2D eigenvalue weighted by atomic mass is 10.1. The number of likely N-dealkylation sites (tertiary alicyclic amines) is 1. The summed E-state index contributed by atoms with van der Waals surface area (Å²) in [6, 6.07) is 6.76. The van der Waals surface area contributed by atoms with Crippen LogP contribution in [0.2, 0.25) is 0 Å². The van der Waals surface area contributed by atoms with E-state index in [0.717, 1.165) is 56.2 Å². The number of thioether (sulfide) groups is 1. The second-order valence-electron chi connectivity index (χ2n) is 9.34. The molecule has 198 valence electrons. The van der Waals surface area contributed by atoms with Crippen LogP contribution in [0.1, 0.15) is 48.2 Å². The van der Waals surface area contributed by atoms with Gasteiger partial charge in [-0.15, -0.1) is 0 Å². The number of hydrogen-bond acceptors (Lipinski definition) is 5. The Kier molecular flexibility index (Phi) is 6.76. The third-order valence-corrected chi connectivity index (χ3v) is 7.62. The summed E-state index contributed by atoms with van der Waals surface area (Å²) in [5.74, 6) is -0.819.